The second kappa shape index (κ2) is 7.14. The Morgan fingerprint density at radius 2 is 2.06 bits per heavy atom. The second-order valence-electron chi connectivity index (χ2n) is 4.74. The molecule has 0 aromatic carbocycles. The molecule has 0 bridgehead atoms. The van der Waals surface area contributed by atoms with E-state index >= 15 is 0 Å². The Morgan fingerprint density at radius 3 is 2.50 bits per heavy atom. The predicted molar refractivity (Wildman–Crippen MR) is 67.8 cm³/mol. The van der Waals surface area contributed by atoms with Gasteiger partial charge in [0.2, 0.25) is 0 Å². The minimum Gasteiger partial charge on any atom is -0.480 e. The maximum Gasteiger partial charge on any atom is 0.321 e. The summed E-state index contributed by atoms with van der Waals surface area (Å²) in [6.07, 6.45) is 0. The molecule has 3 N–H and O–H groups in total. The molecule has 0 aromatic rings. The molecule has 0 aliphatic carbocycles. The monoisotopic (exact) mass is 249 g/mol. The van der Waals surface area contributed by atoms with Crippen LogP contribution < -0.4 is 5.73 Å². The van der Waals surface area contributed by atoms with E-state index in [4.69, 9.17) is 15.6 Å². The van der Waals surface area contributed by atoms with Crippen molar-refractivity contribution >= 4 is 17.7 Å². The third-order valence-electron chi connectivity index (χ3n) is 2.17. The SMILES string of the molecule is CC(C)COCCSC(C)(C)[C@H](N)C(=O)O. The molecule has 0 saturated heterocycles. The highest BCUT2D eigenvalue weighted by Crippen LogP contribution is 2.27. The highest BCUT2D eigenvalue weighted by molar-refractivity contribution is 8.00. The van der Waals surface area contributed by atoms with E-state index in [2.05, 4.69) is 13.8 Å². The quantitative estimate of drug-likeness (QED) is 0.639. The zero-order chi connectivity index (χ0) is 12.8. The number of hydrogen-bond acceptors (Lipinski definition) is 4. The summed E-state index contributed by atoms with van der Waals surface area (Å²) in [7, 11) is 0. The largest absolute Gasteiger partial charge is 0.480 e. The molecule has 4 nitrogen and oxygen atoms in total. The maximum absolute atomic E-state index is 10.8. The number of rotatable bonds is 8. The summed E-state index contributed by atoms with van der Waals surface area (Å²) in [5.41, 5.74) is 5.60. The van der Waals surface area contributed by atoms with Crippen molar-refractivity contribution in [3.63, 3.8) is 0 Å². The average Bonchev–Trinajstić information content (AvgIpc) is 2.15. The first-order chi connectivity index (χ1) is 7.27. The van der Waals surface area contributed by atoms with E-state index < -0.39 is 16.8 Å². The topological polar surface area (TPSA) is 72.5 Å². The summed E-state index contributed by atoms with van der Waals surface area (Å²) in [4.78, 5) is 10.8. The van der Waals surface area contributed by atoms with Crippen LogP contribution in [0.3, 0.4) is 0 Å². The summed E-state index contributed by atoms with van der Waals surface area (Å²) < 4.78 is 4.96. The molecule has 5 heteroatoms. The Hall–Kier alpha value is -0.260. The van der Waals surface area contributed by atoms with Crippen molar-refractivity contribution in [3.05, 3.63) is 0 Å². The molecule has 0 aliphatic rings. The first-order valence-electron chi connectivity index (χ1n) is 5.47. The Balaban J connectivity index is 3.78. The molecule has 0 fully saturated rings. The number of carbonyl (C=O) groups is 1. The summed E-state index contributed by atoms with van der Waals surface area (Å²) in [5, 5.41) is 8.82. The zero-order valence-electron chi connectivity index (χ0n) is 10.5. The lowest BCUT2D eigenvalue weighted by atomic mass is 10.1. The molecule has 0 radical (unpaired) electrons. The van der Waals surface area contributed by atoms with Crippen LogP contribution in [0.4, 0.5) is 0 Å². The Morgan fingerprint density at radius 1 is 1.50 bits per heavy atom. The van der Waals surface area contributed by atoms with Crippen LogP contribution in [0.1, 0.15) is 27.7 Å². The van der Waals surface area contributed by atoms with E-state index in [0.717, 1.165) is 12.4 Å². The third kappa shape index (κ3) is 6.35. The maximum atomic E-state index is 10.8. The van der Waals surface area contributed by atoms with Crippen molar-refractivity contribution < 1.29 is 14.6 Å². The summed E-state index contributed by atoms with van der Waals surface area (Å²) in [6, 6.07) is -0.845. The fourth-order valence-electron chi connectivity index (χ4n) is 1.07. The van der Waals surface area contributed by atoms with Gasteiger partial charge in [-0.25, -0.2) is 0 Å². The number of hydrogen-bond donors (Lipinski definition) is 2. The summed E-state index contributed by atoms with van der Waals surface area (Å²) in [5.74, 6) is 0.334. The molecular weight excluding hydrogens is 226 g/mol. The van der Waals surface area contributed by atoms with Gasteiger partial charge < -0.3 is 15.6 Å². The fourth-order valence-corrected chi connectivity index (χ4v) is 2.08. The lowest BCUT2D eigenvalue weighted by Crippen LogP contribution is -2.47. The van der Waals surface area contributed by atoms with Crippen LogP contribution >= 0.6 is 11.8 Å². The van der Waals surface area contributed by atoms with Gasteiger partial charge in [0.05, 0.1) is 6.61 Å². The lowest BCUT2D eigenvalue weighted by molar-refractivity contribution is -0.139. The molecule has 0 heterocycles. The van der Waals surface area contributed by atoms with Gasteiger partial charge in [0.1, 0.15) is 6.04 Å². The number of carboxylic acids is 1. The van der Waals surface area contributed by atoms with E-state index in [0.29, 0.717) is 12.5 Å². The molecule has 0 spiro atoms. The van der Waals surface area contributed by atoms with Gasteiger partial charge in [-0.1, -0.05) is 13.8 Å². The van der Waals surface area contributed by atoms with Crippen molar-refractivity contribution in [2.24, 2.45) is 11.7 Å². The first kappa shape index (κ1) is 15.7. The van der Waals surface area contributed by atoms with Crippen molar-refractivity contribution in [1.29, 1.82) is 0 Å². The highest BCUT2D eigenvalue weighted by Gasteiger charge is 2.32. The van der Waals surface area contributed by atoms with Crippen LogP contribution in [0.2, 0.25) is 0 Å². The molecular formula is C11H23NO3S. The molecule has 0 aliphatic heterocycles. The minimum absolute atomic E-state index is 0.465. The van der Waals surface area contributed by atoms with E-state index in [1.165, 1.54) is 11.8 Å². The molecule has 96 valence electrons. The fraction of sp³-hybridized carbons (Fsp3) is 0.909. The van der Waals surface area contributed by atoms with E-state index in [1.807, 2.05) is 13.8 Å². The minimum atomic E-state index is -0.958. The van der Waals surface area contributed by atoms with Gasteiger partial charge in [-0.15, -0.1) is 0 Å². The van der Waals surface area contributed by atoms with E-state index in [9.17, 15) is 4.79 Å². The summed E-state index contributed by atoms with van der Waals surface area (Å²) in [6.45, 7) is 9.26. The van der Waals surface area contributed by atoms with Crippen LogP contribution in [0, 0.1) is 5.92 Å². The molecule has 0 unspecified atom stereocenters. The Bertz CT molecular complexity index is 219. The first-order valence-corrected chi connectivity index (χ1v) is 6.46. The van der Waals surface area contributed by atoms with Crippen molar-refractivity contribution in [3.8, 4) is 0 Å². The number of carboxylic acid groups (broad SMARTS) is 1. The summed E-state index contributed by atoms with van der Waals surface area (Å²) >= 11 is 1.54. The van der Waals surface area contributed by atoms with E-state index in [-0.39, 0.29) is 0 Å². The van der Waals surface area contributed by atoms with Crippen molar-refractivity contribution in [2.75, 3.05) is 19.0 Å². The molecule has 0 rings (SSSR count). The van der Waals surface area contributed by atoms with Gasteiger partial charge in [-0.05, 0) is 19.8 Å². The number of aliphatic carboxylic acids is 1. The van der Waals surface area contributed by atoms with Crippen molar-refractivity contribution in [1.82, 2.24) is 0 Å². The molecule has 1 atom stereocenters. The number of nitrogens with two attached hydrogens (primary N) is 1. The molecule has 0 aromatic heterocycles. The van der Waals surface area contributed by atoms with Gasteiger partial charge in [0.15, 0.2) is 0 Å². The predicted octanol–water partition coefficient (Wildman–Crippen LogP) is 1.58. The molecule has 16 heavy (non-hydrogen) atoms. The van der Waals surface area contributed by atoms with Crippen LogP contribution in [-0.4, -0.2) is 40.8 Å². The van der Waals surface area contributed by atoms with Gasteiger partial charge >= 0.3 is 5.97 Å². The van der Waals surface area contributed by atoms with Crippen LogP contribution in [0.25, 0.3) is 0 Å². The third-order valence-corrected chi connectivity index (χ3v) is 3.54. The lowest BCUT2D eigenvalue weighted by Gasteiger charge is -2.27. The smallest absolute Gasteiger partial charge is 0.321 e. The van der Waals surface area contributed by atoms with Crippen LogP contribution in [-0.2, 0) is 9.53 Å². The van der Waals surface area contributed by atoms with Gasteiger partial charge in [0, 0.05) is 17.1 Å². The Labute approximate surface area is 102 Å². The average molecular weight is 249 g/mol. The Kier molecular flexibility index (Phi) is 7.03. The molecule has 0 saturated carbocycles. The van der Waals surface area contributed by atoms with Gasteiger partial charge in [0.25, 0.3) is 0 Å². The van der Waals surface area contributed by atoms with E-state index in [1.54, 1.807) is 0 Å². The van der Waals surface area contributed by atoms with Gasteiger partial charge in [-0.2, -0.15) is 11.8 Å². The van der Waals surface area contributed by atoms with Crippen LogP contribution in [0.15, 0.2) is 0 Å². The van der Waals surface area contributed by atoms with Gasteiger partial charge in [-0.3, -0.25) is 4.79 Å². The standard InChI is InChI=1S/C11H23NO3S/c1-8(2)7-15-5-6-16-11(3,4)9(12)10(13)14/h8-9H,5-7,12H2,1-4H3,(H,13,14)/t9-/m1/s1. The number of thioether (sulfide) groups is 1. The van der Waals surface area contributed by atoms with Crippen LogP contribution in [0.5, 0.6) is 0 Å². The molecule has 0 amide bonds. The zero-order valence-corrected chi connectivity index (χ0v) is 11.3. The van der Waals surface area contributed by atoms with Crippen molar-refractivity contribution in [2.45, 2.75) is 38.5 Å². The number of ether oxygens (including phenoxy) is 1. The highest BCUT2D eigenvalue weighted by atomic mass is 32.2. The second-order valence-corrected chi connectivity index (χ2v) is 6.49. The normalized spacial score (nSPS) is 14.1.